The average Bonchev–Trinajstić information content (AvgIpc) is 2.29. The van der Waals surface area contributed by atoms with E-state index in [4.69, 9.17) is 4.74 Å². The van der Waals surface area contributed by atoms with Crippen molar-refractivity contribution in [2.45, 2.75) is 38.6 Å². The molecule has 0 heterocycles. The number of rotatable bonds is 5. The van der Waals surface area contributed by atoms with Crippen LogP contribution in [0.15, 0.2) is 30.3 Å². The lowest BCUT2D eigenvalue weighted by Gasteiger charge is -2.23. The number of esters is 1. The van der Waals surface area contributed by atoms with Gasteiger partial charge in [-0.05, 0) is 25.5 Å². The van der Waals surface area contributed by atoms with Crippen LogP contribution in [-0.2, 0) is 4.74 Å². The molecule has 0 radical (unpaired) electrons. The fourth-order valence-corrected chi connectivity index (χ4v) is 1.47. The molecule has 0 aliphatic carbocycles. The Labute approximate surface area is 101 Å². The van der Waals surface area contributed by atoms with Gasteiger partial charge >= 0.3 is 5.97 Å². The summed E-state index contributed by atoms with van der Waals surface area (Å²) in [6, 6.07) is 8.61. The molecule has 0 saturated carbocycles. The maximum Gasteiger partial charge on any atom is 0.338 e. The molecule has 0 saturated heterocycles. The number of carbonyl (C=O) groups is 1. The predicted octanol–water partition coefficient (Wildman–Crippen LogP) is 1.71. The quantitative estimate of drug-likeness (QED) is 0.605. The van der Waals surface area contributed by atoms with Crippen molar-refractivity contribution in [2.24, 2.45) is 0 Å². The van der Waals surface area contributed by atoms with Crippen molar-refractivity contribution < 1.29 is 19.7 Å². The third-order valence-corrected chi connectivity index (χ3v) is 2.50. The monoisotopic (exact) mass is 238 g/mol. The number of carbonyl (C=O) groups excluding carboxylic acids is 1. The summed E-state index contributed by atoms with van der Waals surface area (Å²) in [5, 5.41) is 18.9. The fourth-order valence-electron chi connectivity index (χ4n) is 1.47. The fraction of sp³-hybridized carbons (Fsp3) is 0.462. The zero-order chi connectivity index (χ0) is 12.9. The number of aliphatic hydroxyl groups is 2. The van der Waals surface area contributed by atoms with E-state index in [2.05, 4.69) is 0 Å². The Balaban J connectivity index is 2.52. The zero-order valence-corrected chi connectivity index (χ0v) is 10.1. The molecule has 0 bridgehead atoms. The molecule has 0 amide bonds. The summed E-state index contributed by atoms with van der Waals surface area (Å²) >= 11 is 0. The molecule has 1 aromatic carbocycles. The molecule has 0 spiro atoms. The summed E-state index contributed by atoms with van der Waals surface area (Å²) < 4.78 is 5.12. The van der Waals surface area contributed by atoms with Crippen molar-refractivity contribution in [2.75, 3.05) is 0 Å². The first-order chi connectivity index (χ1) is 7.94. The Morgan fingerprint density at radius 2 is 1.94 bits per heavy atom. The lowest BCUT2D eigenvalue weighted by molar-refractivity contribution is -0.180. The molecule has 4 nitrogen and oxygen atoms in total. The summed E-state index contributed by atoms with van der Waals surface area (Å²) in [6.07, 6.45) is -0.347. The second-order valence-corrected chi connectivity index (χ2v) is 4.12. The van der Waals surface area contributed by atoms with Crippen LogP contribution >= 0.6 is 0 Å². The van der Waals surface area contributed by atoms with E-state index in [0.717, 1.165) is 0 Å². The van der Waals surface area contributed by atoms with E-state index in [1.165, 1.54) is 0 Å². The van der Waals surface area contributed by atoms with Crippen LogP contribution in [0.5, 0.6) is 0 Å². The highest BCUT2D eigenvalue weighted by molar-refractivity contribution is 5.89. The summed E-state index contributed by atoms with van der Waals surface area (Å²) in [5.41, 5.74) is 0.456. The van der Waals surface area contributed by atoms with E-state index >= 15 is 0 Å². The maximum absolute atomic E-state index is 11.6. The van der Waals surface area contributed by atoms with E-state index in [0.29, 0.717) is 5.56 Å². The van der Waals surface area contributed by atoms with Gasteiger partial charge in [-0.25, -0.2) is 4.79 Å². The average molecular weight is 238 g/mol. The molecule has 94 valence electrons. The lowest BCUT2D eigenvalue weighted by Crippen LogP contribution is -2.33. The normalized spacial score (nSPS) is 13.2. The summed E-state index contributed by atoms with van der Waals surface area (Å²) in [5.74, 6) is -2.24. The van der Waals surface area contributed by atoms with Crippen molar-refractivity contribution in [3.05, 3.63) is 35.9 Å². The SMILES string of the molecule is CCC(O)(O)CC(C)OC(=O)c1ccccc1. The van der Waals surface area contributed by atoms with Crippen LogP contribution in [0.4, 0.5) is 0 Å². The molecular weight excluding hydrogens is 220 g/mol. The van der Waals surface area contributed by atoms with Crippen LogP contribution in [0.2, 0.25) is 0 Å². The van der Waals surface area contributed by atoms with Crippen molar-refractivity contribution >= 4 is 5.97 Å². The standard InChI is InChI=1S/C13H18O4/c1-3-13(15,16)9-10(2)17-12(14)11-7-5-4-6-8-11/h4-8,10,15-16H,3,9H2,1-2H3. The Kier molecular flexibility index (Phi) is 4.66. The van der Waals surface area contributed by atoms with E-state index in [1.807, 2.05) is 6.07 Å². The predicted molar refractivity (Wildman–Crippen MR) is 63.4 cm³/mol. The van der Waals surface area contributed by atoms with Crippen LogP contribution in [0.3, 0.4) is 0 Å². The zero-order valence-electron chi connectivity index (χ0n) is 10.1. The Bertz CT molecular complexity index is 359. The highest BCUT2D eigenvalue weighted by atomic mass is 16.5. The van der Waals surface area contributed by atoms with Gasteiger partial charge in [0.05, 0.1) is 5.56 Å². The molecule has 17 heavy (non-hydrogen) atoms. The molecule has 0 aliphatic heterocycles. The second kappa shape index (κ2) is 5.80. The van der Waals surface area contributed by atoms with Gasteiger partial charge in [-0.15, -0.1) is 0 Å². The van der Waals surface area contributed by atoms with Crippen LogP contribution in [0.1, 0.15) is 37.0 Å². The van der Waals surface area contributed by atoms with Gasteiger partial charge in [-0.2, -0.15) is 0 Å². The number of ether oxygens (including phenoxy) is 1. The highest BCUT2D eigenvalue weighted by Crippen LogP contribution is 2.16. The van der Waals surface area contributed by atoms with Gasteiger partial charge in [0.1, 0.15) is 6.10 Å². The molecular formula is C13H18O4. The summed E-state index contributed by atoms with van der Waals surface area (Å²) in [7, 11) is 0. The van der Waals surface area contributed by atoms with Crippen LogP contribution in [0, 0.1) is 0 Å². The molecule has 1 aromatic rings. The second-order valence-electron chi connectivity index (χ2n) is 4.12. The molecule has 1 atom stereocenters. The van der Waals surface area contributed by atoms with Crippen molar-refractivity contribution in [1.82, 2.24) is 0 Å². The van der Waals surface area contributed by atoms with Crippen LogP contribution in [-0.4, -0.2) is 28.1 Å². The Hall–Kier alpha value is -1.39. The van der Waals surface area contributed by atoms with Crippen molar-refractivity contribution in [3.8, 4) is 0 Å². The minimum absolute atomic E-state index is 0.00206. The molecule has 0 aromatic heterocycles. The van der Waals surface area contributed by atoms with Gasteiger partial charge in [0.15, 0.2) is 5.79 Å². The summed E-state index contributed by atoms with van der Waals surface area (Å²) in [4.78, 5) is 11.6. The molecule has 1 rings (SSSR count). The number of benzene rings is 1. The Morgan fingerprint density at radius 1 is 1.35 bits per heavy atom. The minimum Gasteiger partial charge on any atom is -0.459 e. The topological polar surface area (TPSA) is 66.8 Å². The van der Waals surface area contributed by atoms with Gasteiger partial charge in [-0.3, -0.25) is 0 Å². The third kappa shape index (κ3) is 4.54. The molecule has 2 N–H and O–H groups in total. The van der Waals surface area contributed by atoms with Gasteiger partial charge < -0.3 is 14.9 Å². The molecule has 0 aliphatic rings. The van der Waals surface area contributed by atoms with Crippen LogP contribution in [0.25, 0.3) is 0 Å². The number of hydrogen-bond donors (Lipinski definition) is 2. The molecule has 1 unspecified atom stereocenters. The highest BCUT2D eigenvalue weighted by Gasteiger charge is 2.25. The smallest absolute Gasteiger partial charge is 0.338 e. The first-order valence-electron chi connectivity index (χ1n) is 5.65. The largest absolute Gasteiger partial charge is 0.459 e. The van der Waals surface area contributed by atoms with E-state index < -0.39 is 17.9 Å². The minimum atomic E-state index is -1.78. The van der Waals surface area contributed by atoms with Gasteiger partial charge in [-0.1, -0.05) is 25.1 Å². The third-order valence-electron chi connectivity index (χ3n) is 2.50. The maximum atomic E-state index is 11.6. The van der Waals surface area contributed by atoms with Crippen molar-refractivity contribution in [3.63, 3.8) is 0 Å². The summed E-state index contributed by atoms with van der Waals surface area (Å²) in [6.45, 7) is 3.30. The van der Waals surface area contributed by atoms with Gasteiger partial charge in [0.25, 0.3) is 0 Å². The van der Waals surface area contributed by atoms with Crippen LogP contribution < -0.4 is 0 Å². The van der Waals surface area contributed by atoms with Crippen molar-refractivity contribution in [1.29, 1.82) is 0 Å². The van der Waals surface area contributed by atoms with E-state index in [-0.39, 0.29) is 12.8 Å². The number of hydrogen-bond acceptors (Lipinski definition) is 4. The molecule has 0 fully saturated rings. The lowest BCUT2D eigenvalue weighted by atomic mass is 10.1. The first kappa shape index (κ1) is 13.7. The van der Waals surface area contributed by atoms with E-state index in [1.54, 1.807) is 38.1 Å². The van der Waals surface area contributed by atoms with E-state index in [9.17, 15) is 15.0 Å². The van der Waals surface area contributed by atoms with Gasteiger partial charge in [0, 0.05) is 6.42 Å². The first-order valence-corrected chi connectivity index (χ1v) is 5.65. The molecule has 4 heteroatoms. The Morgan fingerprint density at radius 3 is 2.47 bits per heavy atom. The van der Waals surface area contributed by atoms with Gasteiger partial charge in [0.2, 0.25) is 0 Å².